The lowest BCUT2D eigenvalue weighted by molar-refractivity contribution is 0.0623. The highest BCUT2D eigenvalue weighted by Crippen LogP contribution is 2.24. The topological polar surface area (TPSA) is 30.5 Å². The molecule has 0 aliphatic rings. The van der Waals surface area contributed by atoms with Crippen LogP contribution in [-0.2, 0) is 9.47 Å². The van der Waals surface area contributed by atoms with Crippen molar-refractivity contribution in [2.45, 2.75) is 26.3 Å². The van der Waals surface area contributed by atoms with Crippen LogP contribution >= 0.6 is 0 Å². The lowest BCUT2D eigenvalue weighted by Crippen LogP contribution is -2.27. The molecule has 0 aliphatic heterocycles. The van der Waals surface area contributed by atoms with Crippen LogP contribution in [-0.4, -0.2) is 33.5 Å². The Morgan fingerprint density at radius 1 is 1.11 bits per heavy atom. The van der Waals surface area contributed by atoms with E-state index in [0.717, 1.165) is 19.6 Å². The van der Waals surface area contributed by atoms with Gasteiger partial charge in [0.05, 0.1) is 13.2 Å². The Morgan fingerprint density at radius 3 is 2.47 bits per heavy atom. The zero-order valence-corrected chi connectivity index (χ0v) is 12.4. The van der Waals surface area contributed by atoms with Gasteiger partial charge < -0.3 is 14.8 Å². The van der Waals surface area contributed by atoms with Crippen LogP contribution in [0.3, 0.4) is 0 Å². The molecule has 0 aromatic heterocycles. The highest BCUT2D eigenvalue weighted by Gasteiger charge is 2.17. The number of benzene rings is 1. The third kappa shape index (κ3) is 6.19. The molecule has 0 fully saturated rings. The fourth-order valence-corrected chi connectivity index (χ4v) is 2.21. The summed E-state index contributed by atoms with van der Waals surface area (Å²) in [5.41, 5.74) is 1.36. The molecular weight excluding hydrogens is 238 g/mol. The lowest BCUT2D eigenvalue weighted by atomic mass is 9.92. The van der Waals surface area contributed by atoms with Crippen molar-refractivity contribution in [1.82, 2.24) is 5.32 Å². The number of hydrogen-bond acceptors (Lipinski definition) is 3. The molecule has 108 valence electrons. The second-order valence-electron chi connectivity index (χ2n) is 4.82. The normalized spacial score (nSPS) is 14.3. The van der Waals surface area contributed by atoms with E-state index in [0.29, 0.717) is 25.2 Å². The average molecular weight is 265 g/mol. The maximum Gasteiger partial charge on any atom is 0.0700 e. The van der Waals surface area contributed by atoms with Crippen LogP contribution in [0.2, 0.25) is 0 Å². The third-order valence-electron chi connectivity index (χ3n) is 3.30. The zero-order chi connectivity index (χ0) is 13.9. The molecule has 0 radical (unpaired) electrons. The maximum atomic E-state index is 5.56. The minimum Gasteiger partial charge on any atom is -0.382 e. The van der Waals surface area contributed by atoms with E-state index in [1.807, 2.05) is 0 Å². The predicted octanol–water partition coefficient (Wildman–Crippen LogP) is 3.03. The first-order chi connectivity index (χ1) is 9.29. The molecule has 0 saturated carbocycles. The van der Waals surface area contributed by atoms with Crippen molar-refractivity contribution < 1.29 is 9.47 Å². The Bertz CT molecular complexity index is 316. The van der Waals surface area contributed by atoms with Crippen molar-refractivity contribution in [1.29, 1.82) is 0 Å². The van der Waals surface area contributed by atoms with Gasteiger partial charge in [-0.3, -0.25) is 0 Å². The van der Waals surface area contributed by atoms with Gasteiger partial charge in [0.15, 0.2) is 0 Å². The summed E-state index contributed by atoms with van der Waals surface area (Å²) in [6.45, 7) is 7.55. The van der Waals surface area contributed by atoms with Crippen LogP contribution in [0.4, 0.5) is 0 Å². The van der Waals surface area contributed by atoms with E-state index < -0.39 is 0 Å². The monoisotopic (exact) mass is 265 g/mol. The summed E-state index contributed by atoms with van der Waals surface area (Å²) in [5, 5.41) is 3.57. The Hall–Kier alpha value is -0.900. The summed E-state index contributed by atoms with van der Waals surface area (Å²) in [7, 11) is 1.70. The molecule has 0 heterocycles. The van der Waals surface area contributed by atoms with Crippen LogP contribution < -0.4 is 5.32 Å². The minimum atomic E-state index is 0.400. The number of ether oxygens (including phenoxy) is 2. The van der Waals surface area contributed by atoms with E-state index in [1.165, 1.54) is 5.56 Å². The summed E-state index contributed by atoms with van der Waals surface area (Å²) in [6, 6.07) is 11.0. The fraction of sp³-hybridized carbons (Fsp3) is 0.625. The Labute approximate surface area is 117 Å². The van der Waals surface area contributed by atoms with E-state index in [1.54, 1.807) is 7.11 Å². The number of rotatable bonds is 10. The van der Waals surface area contributed by atoms with Crippen LogP contribution in [0.1, 0.15) is 31.9 Å². The first-order valence-corrected chi connectivity index (χ1v) is 7.14. The van der Waals surface area contributed by atoms with Crippen molar-refractivity contribution in [3.8, 4) is 0 Å². The number of methoxy groups -OCH3 is 1. The van der Waals surface area contributed by atoms with Crippen LogP contribution in [0.25, 0.3) is 0 Å². The molecular formula is C16H27NO2. The van der Waals surface area contributed by atoms with Crippen molar-refractivity contribution >= 4 is 0 Å². The predicted molar refractivity (Wildman–Crippen MR) is 79.3 cm³/mol. The molecule has 3 heteroatoms. The van der Waals surface area contributed by atoms with Gasteiger partial charge in [-0.25, -0.2) is 0 Å². The first kappa shape index (κ1) is 16.2. The molecule has 3 nitrogen and oxygen atoms in total. The van der Waals surface area contributed by atoms with Crippen LogP contribution in [0.15, 0.2) is 30.3 Å². The second-order valence-corrected chi connectivity index (χ2v) is 4.82. The molecule has 1 rings (SSSR count). The summed E-state index contributed by atoms with van der Waals surface area (Å²) in [4.78, 5) is 0. The Kier molecular flexibility index (Phi) is 8.47. The van der Waals surface area contributed by atoms with E-state index in [2.05, 4.69) is 49.5 Å². The number of nitrogens with one attached hydrogen (secondary N) is 1. The van der Waals surface area contributed by atoms with Crippen molar-refractivity contribution in [2.24, 2.45) is 5.92 Å². The van der Waals surface area contributed by atoms with Gasteiger partial charge in [-0.15, -0.1) is 0 Å². The van der Waals surface area contributed by atoms with E-state index in [9.17, 15) is 0 Å². The highest BCUT2D eigenvalue weighted by atomic mass is 16.5. The van der Waals surface area contributed by atoms with Gasteiger partial charge in [-0.1, -0.05) is 44.2 Å². The summed E-state index contributed by atoms with van der Waals surface area (Å²) in [5.74, 6) is 0.546. The van der Waals surface area contributed by atoms with Gasteiger partial charge in [0.25, 0.3) is 0 Å². The molecule has 2 atom stereocenters. The standard InChI is InChI=1S/C16H27NO2/c1-4-17-16(15-8-6-5-7-9-15)14(2)10-11-19-13-12-18-3/h5-9,14,16-17H,4,10-13H2,1-3H3. The van der Waals surface area contributed by atoms with Gasteiger partial charge in [0.1, 0.15) is 0 Å². The van der Waals surface area contributed by atoms with Gasteiger partial charge in [-0.2, -0.15) is 0 Å². The Balaban J connectivity index is 2.42. The molecule has 0 aliphatic carbocycles. The van der Waals surface area contributed by atoms with E-state index >= 15 is 0 Å². The summed E-state index contributed by atoms with van der Waals surface area (Å²) in [6.07, 6.45) is 1.05. The average Bonchev–Trinajstić information content (AvgIpc) is 2.45. The van der Waals surface area contributed by atoms with E-state index in [4.69, 9.17) is 9.47 Å². The van der Waals surface area contributed by atoms with Crippen LogP contribution in [0, 0.1) is 5.92 Å². The van der Waals surface area contributed by atoms with Gasteiger partial charge in [-0.05, 0) is 24.4 Å². The minimum absolute atomic E-state index is 0.400. The summed E-state index contributed by atoms with van der Waals surface area (Å²) < 4.78 is 10.5. The number of hydrogen-bond donors (Lipinski definition) is 1. The highest BCUT2D eigenvalue weighted by molar-refractivity contribution is 5.19. The summed E-state index contributed by atoms with van der Waals surface area (Å²) >= 11 is 0. The van der Waals surface area contributed by atoms with Gasteiger partial charge >= 0.3 is 0 Å². The molecule has 0 saturated heterocycles. The molecule has 19 heavy (non-hydrogen) atoms. The van der Waals surface area contributed by atoms with Gasteiger partial charge in [0, 0.05) is 19.8 Å². The third-order valence-corrected chi connectivity index (χ3v) is 3.30. The lowest BCUT2D eigenvalue weighted by Gasteiger charge is -2.25. The van der Waals surface area contributed by atoms with Crippen LogP contribution in [0.5, 0.6) is 0 Å². The molecule has 1 N–H and O–H groups in total. The Morgan fingerprint density at radius 2 is 1.84 bits per heavy atom. The van der Waals surface area contributed by atoms with Crippen molar-refractivity contribution in [3.05, 3.63) is 35.9 Å². The molecule has 0 bridgehead atoms. The quantitative estimate of drug-likeness (QED) is 0.660. The molecule has 0 spiro atoms. The SMILES string of the molecule is CCNC(c1ccccc1)C(C)CCOCCOC. The molecule has 0 amide bonds. The largest absolute Gasteiger partial charge is 0.382 e. The van der Waals surface area contributed by atoms with Crippen molar-refractivity contribution in [3.63, 3.8) is 0 Å². The fourth-order valence-electron chi connectivity index (χ4n) is 2.21. The second kappa shape index (κ2) is 9.96. The van der Waals surface area contributed by atoms with Gasteiger partial charge in [0.2, 0.25) is 0 Å². The van der Waals surface area contributed by atoms with E-state index in [-0.39, 0.29) is 0 Å². The molecule has 1 aromatic rings. The maximum absolute atomic E-state index is 5.56. The molecule has 2 unspecified atom stereocenters. The first-order valence-electron chi connectivity index (χ1n) is 7.14. The molecule has 1 aromatic carbocycles. The zero-order valence-electron chi connectivity index (χ0n) is 12.4. The van der Waals surface area contributed by atoms with Crippen molar-refractivity contribution in [2.75, 3.05) is 33.5 Å². The smallest absolute Gasteiger partial charge is 0.0700 e.